The molecule has 1 heterocycles. The van der Waals surface area contributed by atoms with Gasteiger partial charge in [-0.3, -0.25) is 24.1 Å². The van der Waals surface area contributed by atoms with E-state index in [1.807, 2.05) is 0 Å². The van der Waals surface area contributed by atoms with Crippen LogP contribution in [-0.2, 0) is 14.4 Å². The first-order valence-electron chi connectivity index (χ1n) is 6.27. The number of amides is 4. The molecule has 1 N–H and O–H groups in total. The summed E-state index contributed by atoms with van der Waals surface area (Å²) in [5.74, 6) is -1.66. The fourth-order valence-corrected chi connectivity index (χ4v) is 2.40. The van der Waals surface area contributed by atoms with Crippen molar-refractivity contribution in [1.82, 2.24) is 15.1 Å². The molecule has 0 aromatic rings. The van der Waals surface area contributed by atoms with Crippen LogP contribution >= 0.6 is 11.8 Å². The summed E-state index contributed by atoms with van der Waals surface area (Å²) in [5, 5.41) is 2.06. The molecule has 1 aliphatic rings. The van der Waals surface area contributed by atoms with Crippen molar-refractivity contribution in [3.8, 4) is 0 Å². The van der Waals surface area contributed by atoms with Gasteiger partial charge >= 0.3 is 11.8 Å². The first-order chi connectivity index (χ1) is 10.0. The van der Waals surface area contributed by atoms with Crippen LogP contribution in [0.15, 0.2) is 25.3 Å². The molecule has 7 nitrogen and oxygen atoms in total. The molecule has 4 amide bonds. The van der Waals surface area contributed by atoms with Gasteiger partial charge in [-0.1, -0.05) is 23.9 Å². The summed E-state index contributed by atoms with van der Waals surface area (Å²) in [5.41, 5.74) is 0. The third kappa shape index (κ3) is 4.75. The number of thioether (sulfide) groups is 1. The molecule has 0 radical (unpaired) electrons. The number of nitrogens with one attached hydrogen (secondary N) is 1. The van der Waals surface area contributed by atoms with E-state index in [0.717, 1.165) is 16.7 Å². The van der Waals surface area contributed by atoms with E-state index in [0.29, 0.717) is 0 Å². The smallest absolute Gasteiger partial charge is 0.312 e. The Hall–Kier alpha value is -2.09. The van der Waals surface area contributed by atoms with Crippen molar-refractivity contribution < 1.29 is 19.2 Å². The normalized spacial score (nSPS) is 14.0. The Morgan fingerprint density at radius 3 is 2.38 bits per heavy atom. The molecule has 0 aromatic heterocycles. The minimum Gasteiger partial charge on any atom is -0.346 e. The zero-order chi connectivity index (χ0) is 15.8. The Kier molecular flexibility index (Phi) is 6.67. The van der Waals surface area contributed by atoms with E-state index in [2.05, 4.69) is 18.5 Å². The minimum atomic E-state index is -0.787. The Morgan fingerprint density at radius 1 is 1.29 bits per heavy atom. The Balaban J connectivity index is 2.43. The van der Waals surface area contributed by atoms with Gasteiger partial charge in [0, 0.05) is 26.2 Å². The zero-order valence-corrected chi connectivity index (χ0v) is 12.4. The van der Waals surface area contributed by atoms with Crippen LogP contribution in [0.3, 0.4) is 0 Å². The second-order valence-corrected chi connectivity index (χ2v) is 5.07. The van der Waals surface area contributed by atoms with Gasteiger partial charge in [0.25, 0.3) is 5.24 Å². The highest BCUT2D eigenvalue weighted by Crippen LogP contribution is 2.17. The van der Waals surface area contributed by atoms with Gasteiger partial charge in [0.15, 0.2) is 0 Å². The molecule has 0 bridgehead atoms. The van der Waals surface area contributed by atoms with Crippen LogP contribution in [0.25, 0.3) is 0 Å². The van der Waals surface area contributed by atoms with Crippen molar-refractivity contribution in [3.05, 3.63) is 25.3 Å². The maximum atomic E-state index is 11.8. The highest BCUT2D eigenvalue weighted by molar-refractivity contribution is 8.14. The van der Waals surface area contributed by atoms with Crippen molar-refractivity contribution in [1.29, 1.82) is 0 Å². The maximum Gasteiger partial charge on any atom is 0.312 e. The molecule has 1 fully saturated rings. The summed E-state index contributed by atoms with van der Waals surface area (Å²) in [6, 6.07) is 0. The second kappa shape index (κ2) is 8.25. The zero-order valence-electron chi connectivity index (χ0n) is 11.5. The van der Waals surface area contributed by atoms with Crippen LogP contribution in [0.1, 0.15) is 0 Å². The van der Waals surface area contributed by atoms with Gasteiger partial charge in [-0.25, -0.2) is 0 Å². The van der Waals surface area contributed by atoms with Crippen molar-refractivity contribution in [2.45, 2.75) is 0 Å². The van der Waals surface area contributed by atoms with Crippen molar-refractivity contribution in [2.75, 3.05) is 31.9 Å². The van der Waals surface area contributed by atoms with Crippen LogP contribution in [0, 0.1) is 0 Å². The lowest BCUT2D eigenvalue weighted by Crippen LogP contribution is -2.45. The topological polar surface area (TPSA) is 86.8 Å². The summed E-state index contributed by atoms with van der Waals surface area (Å²) in [7, 11) is 0. The SMILES string of the molecule is C=CCN(CC=C)C(=O)C(=O)NCCN1C(=O)CSC1=O. The first-order valence-corrected chi connectivity index (χ1v) is 7.25. The third-order valence-electron chi connectivity index (χ3n) is 2.64. The molecule has 0 aromatic carbocycles. The van der Waals surface area contributed by atoms with Gasteiger partial charge < -0.3 is 10.2 Å². The monoisotopic (exact) mass is 311 g/mol. The third-order valence-corrected chi connectivity index (χ3v) is 3.50. The van der Waals surface area contributed by atoms with Gasteiger partial charge in [0.2, 0.25) is 5.91 Å². The number of carbonyl (C=O) groups is 4. The highest BCUT2D eigenvalue weighted by Gasteiger charge is 2.29. The fourth-order valence-electron chi connectivity index (χ4n) is 1.65. The lowest BCUT2D eigenvalue weighted by atomic mass is 10.4. The van der Waals surface area contributed by atoms with Crippen molar-refractivity contribution >= 4 is 34.7 Å². The van der Waals surface area contributed by atoms with Crippen LogP contribution in [0.2, 0.25) is 0 Å². The summed E-state index contributed by atoms with van der Waals surface area (Å²) in [6.07, 6.45) is 3.01. The molecule has 1 aliphatic heterocycles. The van der Waals surface area contributed by atoms with Gasteiger partial charge in [-0.05, 0) is 0 Å². The maximum absolute atomic E-state index is 11.8. The van der Waals surface area contributed by atoms with E-state index in [1.54, 1.807) is 0 Å². The van der Waals surface area contributed by atoms with Gasteiger partial charge in [-0.2, -0.15) is 0 Å². The number of hydrogen-bond acceptors (Lipinski definition) is 5. The Bertz CT molecular complexity index is 452. The number of nitrogens with zero attached hydrogens (tertiary/aromatic N) is 2. The Labute approximate surface area is 127 Å². The lowest BCUT2D eigenvalue weighted by molar-refractivity contribution is -0.145. The van der Waals surface area contributed by atoms with E-state index in [-0.39, 0.29) is 43.1 Å². The van der Waals surface area contributed by atoms with Gasteiger partial charge in [0.1, 0.15) is 0 Å². The van der Waals surface area contributed by atoms with E-state index in [4.69, 9.17) is 0 Å². The van der Waals surface area contributed by atoms with E-state index in [1.165, 1.54) is 17.1 Å². The van der Waals surface area contributed by atoms with E-state index < -0.39 is 11.8 Å². The summed E-state index contributed by atoms with van der Waals surface area (Å²) in [4.78, 5) is 48.6. The van der Waals surface area contributed by atoms with E-state index >= 15 is 0 Å². The number of imide groups is 1. The minimum absolute atomic E-state index is 0.0403. The van der Waals surface area contributed by atoms with Gasteiger partial charge in [-0.15, -0.1) is 13.2 Å². The predicted molar refractivity (Wildman–Crippen MR) is 79.6 cm³/mol. The fraction of sp³-hybridized carbons (Fsp3) is 0.385. The molecule has 0 spiro atoms. The highest BCUT2D eigenvalue weighted by atomic mass is 32.2. The standard InChI is InChI=1S/C13H17N3O4S/c1-3-6-15(7-4-2)12(19)11(18)14-5-8-16-10(17)9-21-13(16)20/h3-4H,1-2,5-9H2,(H,14,18). The molecule has 0 unspecified atom stereocenters. The molecule has 0 aliphatic carbocycles. The van der Waals surface area contributed by atoms with Crippen molar-refractivity contribution in [3.63, 3.8) is 0 Å². The van der Waals surface area contributed by atoms with Crippen molar-refractivity contribution in [2.24, 2.45) is 0 Å². The first kappa shape index (κ1) is 17.0. The number of hydrogen-bond donors (Lipinski definition) is 1. The quantitative estimate of drug-likeness (QED) is 0.528. The summed E-state index contributed by atoms with van der Waals surface area (Å²) in [6.45, 7) is 7.59. The largest absolute Gasteiger partial charge is 0.346 e. The molecule has 0 saturated carbocycles. The van der Waals surface area contributed by atoms with Crippen LogP contribution in [0.4, 0.5) is 4.79 Å². The molecule has 0 atom stereocenters. The molecular formula is C13H17N3O4S. The molecule has 1 saturated heterocycles. The predicted octanol–water partition coefficient (Wildman–Crippen LogP) is -0.00140. The Morgan fingerprint density at radius 2 is 1.90 bits per heavy atom. The van der Waals surface area contributed by atoms with Crippen LogP contribution in [0.5, 0.6) is 0 Å². The van der Waals surface area contributed by atoms with Crippen LogP contribution < -0.4 is 5.32 Å². The summed E-state index contributed by atoms with van der Waals surface area (Å²) >= 11 is 0.924. The molecular weight excluding hydrogens is 294 g/mol. The second-order valence-electron chi connectivity index (χ2n) is 4.14. The summed E-state index contributed by atoms with van der Waals surface area (Å²) < 4.78 is 0. The molecule has 8 heteroatoms. The lowest BCUT2D eigenvalue weighted by Gasteiger charge is -2.19. The van der Waals surface area contributed by atoms with Crippen LogP contribution in [-0.4, -0.2) is 64.7 Å². The number of rotatable bonds is 7. The number of carbonyl (C=O) groups excluding carboxylic acids is 4. The molecule has 21 heavy (non-hydrogen) atoms. The molecule has 114 valence electrons. The van der Waals surface area contributed by atoms with E-state index in [9.17, 15) is 19.2 Å². The van der Waals surface area contributed by atoms with Gasteiger partial charge in [0.05, 0.1) is 5.75 Å². The average molecular weight is 311 g/mol. The molecule has 1 rings (SSSR count). The average Bonchev–Trinajstić information content (AvgIpc) is 2.77.